The van der Waals surface area contributed by atoms with Gasteiger partial charge in [-0.15, -0.1) is 5.10 Å². The Hall–Kier alpha value is -6.39. The van der Waals surface area contributed by atoms with Crippen molar-refractivity contribution in [3.63, 3.8) is 0 Å². The standard InChI is InChI=1S/C40H44N14O2/c1-25(20-41)46-33-19-36(54-39-30(22-45-54)18-29(21-42)38(43)48-39)44-23-35(33)53-24-34(49-50-53)28-4-2-26(3-5-28)12-13-51-14-16-52(17-15-51)31-8-6-27(7-9-31)32-10-11-37(55)47-40(32)56/h6-9,18-19,22-26,28,32H,2-5,10-17H2,1H3,(H2,43,48)(H,44,46)(H,47,55,56)/t25-,26?,28?,32-/m1/s1. The molecule has 0 bridgehead atoms. The highest BCUT2D eigenvalue weighted by Crippen LogP contribution is 2.37. The number of pyridine rings is 2. The van der Waals surface area contributed by atoms with Crippen molar-refractivity contribution in [2.75, 3.05) is 48.7 Å². The molecule has 2 saturated heterocycles. The number of carbonyl (C=O) groups excluding carboxylic acids is 2. The van der Waals surface area contributed by atoms with Crippen LogP contribution in [0.1, 0.15) is 80.5 Å². The van der Waals surface area contributed by atoms with Gasteiger partial charge in [-0.05, 0) is 81.7 Å². The van der Waals surface area contributed by atoms with Crippen molar-refractivity contribution in [3.05, 3.63) is 71.8 Å². The van der Waals surface area contributed by atoms with E-state index in [2.05, 4.69) is 64.0 Å². The van der Waals surface area contributed by atoms with Crippen LogP contribution in [0.3, 0.4) is 0 Å². The minimum atomic E-state index is -0.488. The topological polar surface area (TPSA) is 213 Å². The number of fused-ring (bicyclic) bond motifs is 1. The van der Waals surface area contributed by atoms with Crippen LogP contribution in [-0.4, -0.2) is 90.2 Å². The molecule has 16 heteroatoms. The average molecular weight is 753 g/mol. The van der Waals surface area contributed by atoms with Crippen LogP contribution < -0.4 is 21.3 Å². The van der Waals surface area contributed by atoms with Crippen molar-refractivity contribution in [1.82, 2.24) is 45.0 Å². The number of imide groups is 1. The van der Waals surface area contributed by atoms with Gasteiger partial charge in [0.15, 0.2) is 11.5 Å². The molecule has 5 aromatic rings. The number of nitrogens with one attached hydrogen (secondary N) is 2. The monoisotopic (exact) mass is 752 g/mol. The highest BCUT2D eigenvalue weighted by atomic mass is 16.2. The number of anilines is 3. The van der Waals surface area contributed by atoms with Crippen molar-refractivity contribution in [2.24, 2.45) is 5.92 Å². The molecule has 56 heavy (non-hydrogen) atoms. The van der Waals surface area contributed by atoms with Crippen LogP contribution >= 0.6 is 0 Å². The number of aromatic nitrogens is 7. The zero-order valence-electron chi connectivity index (χ0n) is 31.3. The molecule has 2 amide bonds. The lowest BCUT2D eigenvalue weighted by atomic mass is 9.79. The summed E-state index contributed by atoms with van der Waals surface area (Å²) in [6.07, 6.45) is 11.9. The summed E-state index contributed by atoms with van der Waals surface area (Å²) >= 11 is 0. The first-order valence-electron chi connectivity index (χ1n) is 19.3. The SMILES string of the molecule is C[C@H](C#N)Nc1cc(-n2ncc3cc(C#N)c(N)nc32)ncc1-n1cc(C2CCC(CCN3CCN(c4ccc([C@H]5CCC(=O)NC5=O)cc4)CC3)CC2)nn1. The number of amides is 2. The number of piperazine rings is 1. The lowest BCUT2D eigenvalue weighted by Crippen LogP contribution is -2.47. The van der Waals surface area contributed by atoms with Crippen LogP contribution in [-0.2, 0) is 9.59 Å². The number of nitrogens with two attached hydrogens (primary N) is 1. The Bertz CT molecular complexity index is 2320. The molecule has 286 valence electrons. The molecule has 3 fully saturated rings. The smallest absolute Gasteiger partial charge is 0.234 e. The van der Waals surface area contributed by atoms with Gasteiger partial charge in [-0.3, -0.25) is 19.8 Å². The Labute approximate surface area is 324 Å². The highest BCUT2D eigenvalue weighted by Gasteiger charge is 2.29. The zero-order chi connectivity index (χ0) is 38.8. The molecule has 0 unspecified atom stereocenters. The number of carbonyl (C=O) groups is 2. The number of nitrogen functional groups attached to an aromatic ring is 1. The van der Waals surface area contributed by atoms with E-state index in [1.165, 1.54) is 12.1 Å². The maximum absolute atomic E-state index is 12.3. The van der Waals surface area contributed by atoms with E-state index in [1.54, 1.807) is 40.8 Å². The summed E-state index contributed by atoms with van der Waals surface area (Å²) in [5.41, 5.74) is 11.1. The lowest BCUT2D eigenvalue weighted by molar-refractivity contribution is -0.134. The third-order valence-corrected chi connectivity index (χ3v) is 11.5. The minimum absolute atomic E-state index is 0.114. The van der Waals surface area contributed by atoms with E-state index in [1.807, 2.05) is 24.4 Å². The van der Waals surface area contributed by atoms with Gasteiger partial charge >= 0.3 is 0 Å². The first kappa shape index (κ1) is 36.6. The third kappa shape index (κ3) is 7.61. The average Bonchev–Trinajstić information content (AvgIpc) is 3.88. The van der Waals surface area contributed by atoms with Gasteiger partial charge in [0.05, 0.1) is 47.5 Å². The third-order valence-electron chi connectivity index (χ3n) is 11.5. The van der Waals surface area contributed by atoms with Gasteiger partial charge in [0.1, 0.15) is 23.6 Å². The Morgan fingerprint density at radius 3 is 2.54 bits per heavy atom. The first-order valence-corrected chi connectivity index (χ1v) is 19.3. The van der Waals surface area contributed by atoms with E-state index in [4.69, 9.17) is 5.73 Å². The quantitative estimate of drug-likeness (QED) is 0.171. The molecule has 4 N–H and O–H groups in total. The van der Waals surface area contributed by atoms with Crippen molar-refractivity contribution in [1.29, 1.82) is 10.5 Å². The summed E-state index contributed by atoms with van der Waals surface area (Å²) < 4.78 is 3.27. The van der Waals surface area contributed by atoms with Crippen molar-refractivity contribution in [2.45, 2.75) is 69.7 Å². The van der Waals surface area contributed by atoms with Gasteiger partial charge in [-0.25, -0.2) is 14.6 Å². The van der Waals surface area contributed by atoms with E-state index in [0.29, 0.717) is 52.9 Å². The molecule has 2 aliphatic heterocycles. The van der Waals surface area contributed by atoms with Crippen LogP contribution in [0.5, 0.6) is 0 Å². The highest BCUT2D eigenvalue weighted by molar-refractivity contribution is 6.01. The zero-order valence-corrected chi connectivity index (χ0v) is 31.3. The number of benzene rings is 1. The van der Waals surface area contributed by atoms with Gasteiger partial charge in [-0.1, -0.05) is 17.3 Å². The van der Waals surface area contributed by atoms with Gasteiger partial charge in [0.25, 0.3) is 0 Å². The van der Waals surface area contributed by atoms with Crippen molar-refractivity contribution in [3.8, 4) is 23.6 Å². The second kappa shape index (κ2) is 15.8. The number of hydrogen-bond donors (Lipinski definition) is 3. The number of hydrogen-bond acceptors (Lipinski definition) is 13. The Kier molecular flexibility index (Phi) is 10.3. The molecular weight excluding hydrogens is 709 g/mol. The molecule has 1 aliphatic carbocycles. The largest absolute Gasteiger partial charge is 0.383 e. The van der Waals surface area contributed by atoms with Crippen LogP contribution in [0.4, 0.5) is 17.2 Å². The van der Waals surface area contributed by atoms with E-state index in [0.717, 1.165) is 69.7 Å². The molecule has 6 heterocycles. The van der Waals surface area contributed by atoms with Gasteiger partial charge in [-0.2, -0.15) is 20.3 Å². The molecule has 2 atom stereocenters. The summed E-state index contributed by atoms with van der Waals surface area (Å²) in [4.78, 5) is 37.9. The van der Waals surface area contributed by atoms with Crippen molar-refractivity contribution >= 4 is 40.0 Å². The second-order valence-corrected chi connectivity index (χ2v) is 15.1. The first-order chi connectivity index (χ1) is 27.3. The minimum Gasteiger partial charge on any atom is -0.383 e. The molecule has 16 nitrogen and oxygen atoms in total. The van der Waals surface area contributed by atoms with Crippen molar-refractivity contribution < 1.29 is 9.59 Å². The number of piperidine rings is 1. The normalized spacial score (nSPS) is 21.0. The maximum atomic E-state index is 12.3. The van der Waals surface area contributed by atoms with Crippen LogP contribution in [0.25, 0.3) is 22.5 Å². The van der Waals surface area contributed by atoms with E-state index in [9.17, 15) is 20.1 Å². The summed E-state index contributed by atoms with van der Waals surface area (Å²) in [6, 6.07) is 15.5. The fourth-order valence-corrected chi connectivity index (χ4v) is 8.20. The fraction of sp³-hybridized carbons (Fsp3) is 0.425. The fourth-order valence-electron chi connectivity index (χ4n) is 8.20. The number of nitriles is 2. The molecular formula is C40H44N14O2. The summed E-state index contributed by atoms with van der Waals surface area (Å²) in [7, 11) is 0. The molecule has 0 radical (unpaired) electrons. The molecule has 4 aromatic heterocycles. The Balaban J connectivity index is 0.844. The molecule has 8 rings (SSSR count). The predicted molar refractivity (Wildman–Crippen MR) is 209 cm³/mol. The molecule has 3 aliphatic rings. The summed E-state index contributed by atoms with van der Waals surface area (Å²) in [5, 5.41) is 38.8. The second-order valence-electron chi connectivity index (χ2n) is 15.1. The van der Waals surface area contributed by atoms with E-state index < -0.39 is 6.04 Å². The molecule has 1 aromatic carbocycles. The maximum Gasteiger partial charge on any atom is 0.234 e. The Morgan fingerprint density at radius 1 is 1.02 bits per heavy atom. The number of nitrogens with zero attached hydrogens (tertiary/aromatic N) is 11. The Morgan fingerprint density at radius 2 is 1.80 bits per heavy atom. The predicted octanol–water partition coefficient (Wildman–Crippen LogP) is 4.18. The summed E-state index contributed by atoms with van der Waals surface area (Å²) in [6.45, 7) is 6.88. The van der Waals surface area contributed by atoms with Crippen LogP contribution in [0.15, 0.2) is 55.0 Å². The summed E-state index contributed by atoms with van der Waals surface area (Å²) in [5.74, 6) is 0.965. The molecule has 0 spiro atoms. The van der Waals surface area contributed by atoms with E-state index >= 15 is 0 Å². The van der Waals surface area contributed by atoms with Crippen LogP contribution in [0.2, 0.25) is 0 Å². The lowest BCUT2D eigenvalue weighted by Gasteiger charge is -2.37. The van der Waals surface area contributed by atoms with Gasteiger partial charge in [0, 0.05) is 55.7 Å². The molecule has 1 saturated carbocycles. The number of rotatable bonds is 10. The van der Waals surface area contributed by atoms with Crippen LogP contribution in [0, 0.1) is 28.6 Å². The van der Waals surface area contributed by atoms with Gasteiger partial charge < -0.3 is 16.0 Å². The van der Waals surface area contributed by atoms with E-state index in [-0.39, 0.29) is 29.1 Å². The van der Waals surface area contributed by atoms with Gasteiger partial charge in [0.2, 0.25) is 11.8 Å².